The molecule has 0 radical (unpaired) electrons. The Morgan fingerprint density at radius 3 is 2.74 bits per heavy atom. The van der Waals surface area contributed by atoms with Crippen LogP contribution in [0.25, 0.3) is 0 Å². The maximum absolute atomic E-state index is 12.2. The first-order valence-corrected chi connectivity index (χ1v) is 7.56. The molecule has 1 amide bonds. The predicted molar refractivity (Wildman–Crippen MR) is 79.2 cm³/mol. The second-order valence-electron chi connectivity index (χ2n) is 5.64. The molecule has 104 valence electrons. The Morgan fingerprint density at radius 1 is 1.37 bits per heavy atom. The molecule has 1 aliphatic carbocycles. The second kappa shape index (κ2) is 5.95. The van der Waals surface area contributed by atoms with Crippen molar-refractivity contribution in [1.82, 2.24) is 5.32 Å². The molecule has 2 N–H and O–H groups in total. The van der Waals surface area contributed by atoms with Crippen LogP contribution >= 0.6 is 15.9 Å². The van der Waals surface area contributed by atoms with Crippen LogP contribution in [0.2, 0.25) is 0 Å². The van der Waals surface area contributed by atoms with E-state index in [-0.39, 0.29) is 17.7 Å². The van der Waals surface area contributed by atoms with E-state index in [2.05, 4.69) is 35.1 Å². The molecule has 0 aliphatic heterocycles. The van der Waals surface area contributed by atoms with Gasteiger partial charge in [-0.2, -0.15) is 0 Å². The summed E-state index contributed by atoms with van der Waals surface area (Å²) in [5, 5.41) is 12.9. The summed E-state index contributed by atoms with van der Waals surface area (Å²) < 4.78 is 0.765. The van der Waals surface area contributed by atoms with E-state index >= 15 is 0 Å². The van der Waals surface area contributed by atoms with Gasteiger partial charge in [0.05, 0.1) is 5.56 Å². The maximum Gasteiger partial charge on any atom is 0.255 e. The SMILES string of the molecule is CC1CCC(NC(=O)c2ccc(Br)cc2O)C(C)C1. The number of aromatic hydroxyl groups is 1. The summed E-state index contributed by atoms with van der Waals surface area (Å²) in [6.07, 6.45) is 3.32. The van der Waals surface area contributed by atoms with E-state index < -0.39 is 0 Å². The number of carbonyl (C=O) groups excluding carboxylic acids is 1. The molecule has 1 aromatic rings. The number of hydrogen-bond acceptors (Lipinski definition) is 2. The summed E-state index contributed by atoms with van der Waals surface area (Å²) in [7, 11) is 0. The molecule has 1 aromatic carbocycles. The quantitative estimate of drug-likeness (QED) is 0.870. The average Bonchev–Trinajstić information content (AvgIpc) is 2.32. The van der Waals surface area contributed by atoms with E-state index in [0.717, 1.165) is 29.7 Å². The molecular formula is C15H20BrNO2. The van der Waals surface area contributed by atoms with E-state index in [1.54, 1.807) is 18.2 Å². The number of amides is 1. The summed E-state index contributed by atoms with van der Waals surface area (Å²) in [5.41, 5.74) is 0.342. The predicted octanol–water partition coefficient (Wildman–Crippen LogP) is 3.71. The first kappa shape index (κ1) is 14.4. The zero-order valence-corrected chi connectivity index (χ0v) is 12.9. The van der Waals surface area contributed by atoms with Crippen molar-refractivity contribution in [1.29, 1.82) is 0 Å². The summed E-state index contributed by atoms with van der Waals surface area (Å²) >= 11 is 3.27. The van der Waals surface area contributed by atoms with Crippen LogP contribution in [0.15, 0.2) is 22.7 Å². The molecule has 3 nitrogen and oxygen atoms in total. The van der Waals surface area contributed by atoms with Gasteiger partial charge in [-0.05, 0) is 49.3 Å². The van der Waals surface area contributed by atoms with Gasteiger partial charge in [0.1, 0.15) is 5.75 Å². The lowest BCUT2D eigenvalue weighted by molar-refractivity contribution is 0.0897. The lowest BCUT2D eigenvalue weighted by atomic mass is 9.80. The van der Waals surface area contributed by atoms with Gasteiger partial charge in [-0.15, -0.1) is 0 Å². The van der Waals surface area contributed by atoms with Gasteiger partial charge in [-0.3, -0.25) is 4.79 Å². The Hall–Kier alpha value is -1.03. The van der Waals surface area contributed by atoms with E-state index in [9.17, 15) is 9.90 Å². The number of rotatable bonds is 2. The van der Waals surface area contributed by atoms with Crippen LogP contribution in [0.3, 0.4) is 0 Å². The third-order valence-corrected chi connectivity index (χ3v) is 4.45. The smallest absolute Gasteiger partial charge is 0.255 e. The Labute approximate surface area is 122 Å². The van der Waals surface area contributed by atoms with Gasteiger partial charge in [0, 0.05) is 10.5 Å². The van der Waals surface area contributed by atoms with Gasteiger partial charge in [-0.25, -0.2) is 0 Å². The van der Waals surface area contributed by atoms with Crippen molar-refractivity contribution < 1.29 is 9.90 Å². The fraction of sp³-hybridized carbons (Fsp3) is 0.533. The molecule has 3 atom stereocenters. The first-order chi connectivity index (χ1) is 8.97. The van der Waals surface area contributed by atoms with Gasteiger partial charge in [0.15, 0.2) is 0 Å². The topological polar surface area (TPSA) is 49.3 Å². The van der Waals surface area contributed by atoms with Crippen LogP contribution in [-0.2, 0) is 0 Å². The highest BCUT2D eigenvalue weighted by Crippen LogP contribution is 2.29. The van der Waals surface area contributed by atoms with Gasteiger partial charge in [-0.1, -0.05) is 29.8 Å². The van der Waals surface area contributed by atoms with Gasteiger partial charge < -0.3 is 10.4 Å². The van der Waals surface area contributed by atoms with E-state index in [1.807, 2.05) is 0 Å². The molecule has 0 aromatic heterocycles. The fourth-order valence-electron chi connectivity index (χ4n) is 2.82. The summed E-state index contributed by atoms with van der Waals surface area (Å²) in [6.45, 7) is 4.44. The largest absolute Gasteiger partial charge is 0.507 e. The van der Waals surface area contributed by atoms with Gasteiger partial charge >= 0.3 is 0 Å². The summed E-state index contributed by atoms with van der Waals surface area (Å²) in [6, 6.07) is 5.17. The van der Waals surface area contributed by atoms with Crippen LogP contribution in [-0.4, -0.2) is 17.1 Å². The standard InChI is InChI=1S/C15H20BrNO2/c1-9-3-6-13(10(2)7-9)17-15(19)12-5-4-11(16)8-14(12)18/h4-5,8-10,13,18H,3,6-7H2,1-2H3,(H,17,19). The Bertz CT molecular complexity index is 475. The van der Waals surface area contributed by atoms with E-state index in [1.165, 1.54) is 0 Å². The lowest BCUT2D eigenvalue weighted by Crippen LogP contribution is -2.42. The number of phenolic OH excluding ortho intramolecular Hbond substituents is 1. The van der Waals surface area contributed by atoms with Crippen molar-refractivity contribution in [2.24, 2.45) is 11.8 Å². The fourth-order valence-corrected chi connectivity index (χ4v) is 3.17. The van der Waals surface area contributed by atoms with Crippen molar-refractivity contribution in [3.63, 3.8) is 0 Å². The molecule has 0 bridgehead atoms. The minimum atomic E-state index is -0.184. The minimum absolute atomic E-state index is 0.0173. The lowest BCUT2D eigenvalue weighted by Gasteiger charge is -2.33. The molecular weight excluding hydrogens is 306 g/mol. The van der Waals surface area contributed by atoms with Crippen LogP contribution in [0.5, 0.6) is 5.75 Å². The van der Waals surface area contributed by atoms with Gasteiger partial charge in [0.2, 0.25) is 0 Å². The molecule has 1 fully saturated rings. The molecule has 1 aliphatic rings. The molecule has 19 heavy (non-hydrogen) atoms. The highest BCUT2D eigenvalue weighted by molar-refractivity contribution is 9.10. The molecule has 3 unspecified atom stereocenters. The third-order valence-electron chi connectivity index (χ3n) is 3.95. The number of carbonyl (C=O) groups is 1. The van der Waals surface area contributed by atoms with Crippen molar-refractivity contribution in [3.05, 3.63) is 28.2 Å². The zero-order chi connectivity index (χ0) is 14.0. The number of hydrogen-bond donors (Lipinski definition) is 2. The Kier molecular flexibility index (Phi) is 4.50. The minimum Gasteiger partial charge on any atom is -0.507 e. The molecule has 1 saturated carbocycles. The molecule has 0 spiro atoms. The van der Waals surface area contributed by atoms with Crippen LogP contribution < -0.4 is 5.32 Å². The number of nitrogens with one attached hydrogen (secondary N) is 1. The van der Waals surface area contributed by atoms with Crippen molar-refractivity contribution >= 4 is 21.8 Å². The van der Waals surface area contributed by atoms with E-state index in [0.29, 0.717) is 11.5 Å². The van der Waals surface area contributed by atoms with Crippen LogP contribution in [0.4, 0.5) is 0 Å². The van der Waals surface area contributed by atoms with E-state index in [4.69, 9.17) is 0 Å². The molecule has 0 saturated heterocycles. The molecule has 0 heterocycles. The first-order valence-electron chi connectivity index (χ1n) is 6.76. The summed E-state index contributed by atoms with van der Waals surface area (Å²) in [5.74, 6) is 1.06. The Balaban J connectivity index is 2.04. The number of benzene rings is 1. The average molecular weight is 326 g/mol. The van der Waals surface area contributed by atoms with Crippen LogP contribution in [0, 0.1) is 11.8 Å². The Morgan fingerprint density at radius 2 is 2.11 bits per heavy atom. The normalized spacial score (nSPS) is 27.0. The highest BCUT2D eigenvalue weighted by Gasteiger charge is 2.27. The van der Waals surface area contributed by atoms with Crippen molar-refractivity contribution in [2.75, 3.05) is 0 Å². The zero-order valence-electron chi connectivity index (χ0n) is 11.3. The molecule has 4 heteroatoms. The number of phenols is 1. The summed E-state index contributed by atoms with van der Waals surface area (Å²) in [4.78, 5) is 12.2. The highest BCUT2D eigenvalue weighted by atomic mass is 79.9. The van der Waals surface area contributed by atoms with Crippen molar-refractivity contribution in [2.45, 2.75) is 39.2 Å². The maximum atomic E-state index is 12.2. The molecule has 2 rings (SSSR count). The second-order valence-corrected chi connectivity index (χ2v) is 6.55. The third kappa shape index (κ3) is 3.50. The van der Waals surface area contributed by atoms with Crippen molar-refractivity contribution in [3.8, 4) is 5.75 Å². The van der Waals surface area contributed by atoms with Gasteiger partial charge in [0.25, 0.3) is 5.91 Å². The monoisotopic (exact) mass is 325 g/mol. The number of halogens is 1. The van der Waals surface area contributed by atoms with Crippen LogP contribution in [0.1, 0.15) is 43.5 Å².